The first-order chi connectivity index (χ1) is 10.2. The summed E-state index contributed by atoms with van der Waals surface area (Å²) in [6, 6.07) is 12.0. The molecular formula is C16H19N3O2. The number of nitrogens with zero attached hydrogens (tertiary/aromatic N) is 2. The van der Waals surface area contributed by atoms with Gasteiger partial charge in [0.2, 0.25) is 5.91 Å². The summed E-state index contributed by atoms with van der Waals surface area (Å²) in [5, 5.41) is 7.31. The molecule has 0 aliphatic carbocycles. The van der Waals surface area contributed by atoms with E-state index in [1.165, 1.54) is 0 Å². The Bertz CT molecular complexity index is 603. The second-order valence-electron chi connectivity index (χ2n) is 5.40. The van der Waals surface area contributed by atoms with Gasteiger partial charge in [0.05, 0.1) is 30.5 Å². The Hall–Kier alpha value is -2.14. The Morgan fingerprint density at radius 1 is 1.43 bits per heavy atom. The van der Waals surface area contributed by atoms with Crippen molar-refractivity contribution in [1.29, 1.82) is 0 Å². The molecule has 0 saturated carbocycles. The van der Waals surface area contributed by atoms with Crippen LogP contribution in [-0.4, -0.2) is 41.3 Å². The number of aromatic nitrogens is 2. The molecule has 110 valence electrons. The summed E-state index contributed by atoms with van der Waals surface area (Å²) in [5.41, 5.74) is 2.90. The summed E-state index contributed by atoms with van der Waals surface area (Å²) in [6.45, 7) is 1.77. The molecule has 1 aliphatic heterocycles. The highest BCUT2D eigenvalue weighted by Gasteiger charge is 2.26. The third kappa shape index (κ3) is 3.13. The maximum Gasteiger partial charge on any atom is 0.228 e. The van der Waals surface area contributed by atoms with E-state index in [0.29, 0.717) is 19.8 Å². The first-order valence-corrected chi connectivity index (χ1v) is 7.16. The lowest BCUT2D eigenvalue weighted by molar-refractivity contribution is -0.134. The summed E-state index contributed by atoms with van der Waals surface area (Å²) in [6.07, 6.45) is 0.821. The Balaban J connectivity index is 1.65. The van der Waals surface area contributed by atoms with Crippen LogP contribution in [0.15, 0.2) is 36.4 Å². The van der Waals surface area contributed by atoms with Gasteiger partial charge in [0.1, 0.15) is 0 Å². The number of ether oxygens (including phenoxy) is 1. The number of aromatic amines is 1. The predicted molar refractivity (Wildman–Crippen MR) is 79.4 cm³/mol. The van der Waals surface area contributed by atoms with Gasteiger partial charge in [0.25, 0.3) is 0 Å². The summed E-state index contributed by atoms with van der Waals surface area (Å²) in [5.74, 6) is 0.148. The SMILES string of the molecule is CN(Cc1cc(-c2ccccc2)n[nH]1)C(=O)[C@H]1CCOC1. The number of nitrogens with one attached hydrogen (secondary N) is 1. The van der Waals surface area contributed by atoms with Gasteiger partial charge in [-0.1, -0.05) is 30.3 Å². The van der Waals surface area contributed by atoms with Crippen LogP contribution in [0, 0.1) is 5.92 Å². The van der Waals surface area contributed by atoms with E-state index in [9.17, 15) is 4.79 Å². The number of benzene rings is 1. The number of carbonyl (C=O) groups excluding carboxylic acids is 1. The molecule has 0 radical (unpaired) electrons. The van der Waals surface area contributed by atoms with Gasteiger partial charge in [0, 0.05) is 19.2 Å². The summed E-state index contributed by atoms with van der Waals surface area (Å²) in [4.78, 5) is 14.0. The second kappa shape index (κ2) is 6.10. The standard InChI is InChI=1S/C16H19N3O2/c1-19(16(20)13-7-8-21-11-13)10-14-9-15(18-17-14)12-5-3-2-4-6-12/h2-6,9,13H,7-8,10-11H2,1H3,(H,17,18)/t13-/m0/s1. The highest BCUT2D eigenvalue weighted by molar-refractivity contribution is 5.79. The molecule has 2 aromatic rings. The van der Waals surface area contributed by atoms with Gasteiger partial charge in [0.15, 0.2) is 0 Å². The first kappa shape index (κ1) is 13.8. The highest BCUT2D eigenvalue weighted by atomic mass is 16.5. The maximum absolute atomic E-state index is 12.2. The van der Waals surface area contributed by atoms with Crippen molar-refractivity contribution in [3.05, 3.63) is 42.1 Å². The van der Waals surface area contributed by atoms with Crippen molar-refractivity contribution in [2.75, 3.05) is 20.3 Å². The van der Waals surface area contributed by atoms with Crippen LogP contribution in [0.25, 0.3) is 11.3 Å². The van der Waals surface area contributed by atoms with E-state index in [1.54, 1.807) is 4.90 Å². The Kier molecular flexibility index (Phi) is 4.01. The third-order valence-corrected chi connectivity index (χ3v) is 3.76. The average molecular weight is 285 g/mol. The number of hydrogen-bond acceptors (Lipinski definition) is 3. The molecule has 21 heavy (non-hydrogen) atoms. The van der Waals surface area contributed by atoms with Gasteiger partial charge in [-0.15, -0.1) is 0 Å². The first-order valence-electron chi connectivity index (χ1n) is 7.16. The fourth-order valence-electron chi connectivity index (χ4n) is 2.57. The Morgan fingerprint density at radius 2 is 2.24 bits per heavy atom. The number of hydrogen-bond donors (Lipinski definition) is 1. The Labute approximate surface area is 123 Å². The highest BCUT2D eigenvalue weighted by Crippen LogP contribution is 2.19. The maximum atomic E-state index is 12.2. The predicted octanol–water partition coefficient (Wildman–Crippen LogP) is 2.07. The minimum absolute atomic E-state index is 0.00603. The zero-order valence-electron chi connectivity index (χ0n) is 12.1. The van der Waals surface area contributed by atoms with Gasteiger partial charge in [-0.05, 0) is 12.5 Å². The van der Waals surface area contributed by atoms with Crippen LogP contribution in [0.2, 0.25) is 0 Å². The van der Waals surface area contributed by atoms with Crippen molar-refractivity contribution in [3.8, 4) is 11.3 Å². The molecule has 1 saturated heterocycles. The molecule has 5 nitrogen and oxygen atoms in total. The fraction of sp³-hybridized carbons (Fsp3) is 0.375. The monoisotopic (exact) mass is 285 g/mol. The van der Waals surface area contributed by atoms with Crippen molar-refractivity contribution in [3.63, 3.8) is 0 Å². The average Bonchev–Trinajstić information content (AvgIpc) is 3.19. The third-order valence-electron chi connectivity index (χ3n) is 3.76. The van der Waals surface area contributed by atoms with E-state index in [1.807, 2.05) is 43.4 Å². The van der Waals surface area contributed by atoms with Crippen molar-refractivity contribution in [2.24, 2.45) is 5.92 Å². The second-order valence-corrected chi connectivity index (χ2v) is 5.40. The summed E-state index contributed by atoms with van der Waals surface area (Å²) >= 11 is 0. The molecule has 0 unspecified atom stereocenters. The van der Waals surface area contributed by atoms with Crippen LogP contribution < -0.4 is 0 Å². The van der Waals surface area contributed by atoms with E-state index >= 15 is 0 Å². The molecular weight excluding hydrogens is 266 g/mol. The number of amides is 1. The van der Waals surface area contributed by atoms with E-state index in [-0.39, 0.29) is 11.8 Å². The molecule has 5 heteroatoms. The van der Waals surface area contributed by atoms with Crippen LogP contribution >= 0.6 is 0 Å². The van der Waals surface area contributed by atoms with E-state index in [4.69, 9.17) is 4.74 Å². The molecule has 1 N–H and O–H groups in total. The lowest BCUT2D eigenvalue weighted by Crippen LogP contribution is -2.32. The lowest BCUT2D eigenvalue weighted by Gasteiger charge is -2.19. The van der Waals surface area contributed by atoms with Crippen LogP contribution in [0.1, 0.15) is 12.1 Å². The van der Waals surface area contributed by atoms with Crippen LogP contribution in [0.5, 0.6) is 0 Å². The lowest BCUT2D eigenvalue weighted by atomic mass is 10.1. The molecule has 2 heterocycles. The van der Waals surface area contributed by atoms with Crippen LogP contribution in [-0.2, 0) is 16.1 Å². The van der Waals surface area contributed by atoms with E-state index in [2.05, 4.69) is 10.2 Å². The van der Waals surface area contributed by atoms with Crippen molar-refractivity contribution < 1.29 is 9.53 Å². The van der Waals surface area contributed by atoms with Crippen LogP contribution in [0.4, 0.5) is 0 Å². The molecule has 1 fully saturated rings. The van der Waals surface area contributed by atoms with Gasteiger partial charge < -0.3 is 9.64 Å². The van der Waals surface area contributed by atoms with Crippen molar-refractivity contribution in [1.82, 2.24) is 15.1 Å². The minimum Gasteiger partial charge on any atom is -0.381 e. The quantitative estimate of drug-likeness (QED) is 0.935. The summed E-state index contributed by atoms with van der Waals surface area (Å²) < 4.78 is 5.27. The van der Waals surface area contributed by atoms with Crippen LogP contribution in [0.3, 0.4) is 0 Å². The Morgan fingerprint density at radius 3 is 2.95 bits per heavy atom. The van der Waals surface area contributed by atoms with Gasteiger partial charge >= 0.3 is 0 Å². The van der Waals surface area contributed by atoms with E-state index < -0.39 is 0 Å². The molecule has 1 aromatic heterocycles. The zero-order valence-corrected chi connectivity index (χ0v) is 12.1. The van der Waals surface area contributed by atoms with Gasteiger partial charge in [-0.3, -0.25) is 9.89 Å². The summed E-state index contributed by atoms with van der Waals surface area (Å²) in [7, 11) is 1.82. The van der Waals surface area contributed by atoms with Crippen molar-refractivity contribution >= 4 is 5.91 Å². The largest absolute Gasteiger partial charge is 0.381 e. The molecule has 3 rings (SSSR count). The molecule has 1 atom stereocenters. The molecule has 0 bridgehead atoms. The van der Waals surface area contributed by atoms with Gasteiger partial charge in [-0.25, -0.2) is 0 Å². The number of carbonyl (C=O) groups is 1. The molecule has 1 aliphatic rings. The van der Waals surface area contributed by atoms with E-state index in [0.717, 1.165) is 23.4 Å². The smallest absolute Gasteiger partial charge is 0.228 e. The number of rotatable bonds is 4. The van der Waals surface area contributed by atoms with Gasteiger partial charge in [-0.2, -0.15) is 5.10 Å². The molecule has 1 aromatic carbocycles. The molecule has 0 spiro atoms. The molecule has 1 amide bonds. The topological polar surface area (TPSA) is 58.2 Å². The number of H-pyrrole nitrogens is 1. The normalized spacial score (nSPS) is 17.9. The minimum atomic E-state index is 0.00603. The zero-order chi connectivity index (χ0) is 14.7. The fourth-order valence-corrected chi connectivity index (χ4v) is 2.57. The van der Waals surface area contributed by atoms with Crippen molar-refractivity contribution in [2.45, 2.75) is 13.0 Å².